The first-order valence-corrected chi connectivity index (χ1v) is 4.32. The molecule has 0 fully saturated rings. The Morgan fingerprint density at radius 2 is 1.91 bits per heavy atom. The first-order chi connectivity index (χ1) is 5.22. The van der Waals surface area contributed by atoms with Crippen LogP contribution in [0.4, 0.5) is 0 Å². The zero-order valence-electron chi connectivity index (χ0n) is 7.71. The van der Waals surface area contributed by atoms with Crippen molar-refractivity contribution in [3.8, 4) is 0 Å². The van der Waals surface area contributed by atoms with Gasteiger partial charge in [-0.25, -0.2) is 0 Å². The SMILES string of the molecule is CCC(C)C(C)CC=CC=O. The van der Waals surface area contributed by atoms with Crippen molar-refractivity contribution in [1.29, 1.82) is 0 Å². The fraction of sp³-hybridized carbons (Fsp3) is 0.700. The average molecular weight is 154 g/mol. The molecule has 0 aliphatic carbocycles. The molecule has 0 N–H and O–H groups in total. The predicted octanol–water partition coefficient (Wildman–Crippen LogP) is 2.81. The molecule has 0 heterocycles. The lowest BCUT2D eigenvalue weighted by molar-refractivity contribution is -0.104. The normalized spacial score (nSPS) is 16.6. The van der Waals surface area contributed by atoms with Crippen molar-refractivity contribution in [1.82, 2.24) is 0 Å². The fourth-order valence-corrected chi connectivity index (χ4v) is 0.983. The van der Waals surface area contributed by atoms with Crippen molar-refractivity contribution in [3.05, 3.63) is 12.2 Å². The van der Waals surface area contributed by atoms with Crippen molar-refractivity contribution in [2.45, 2.75) is 33.6 Å². The van der Waals surface area contributed by atoms with Crippen LogP contribution < -0.4 is 0 Å². The molecule has 11 heavy (non-hydrogen) atoms. The Labute approximate surface area is 69.5 Å². The summed E-state index contributed by atoms with van der Waals surface area (Å²) in [6.45, 7) is 6.67. The van der Waals surface area contributed by atoms with E-state index in [-0.39, 0.29) is 0 Å². The van der Waals surface area contributed by atoms with E-state index >= 15 is 0 Å². The van der Waals surface area contributed by atoms with Gasteiger partial charge in [0.05, 0.1) is 0 Å². The number of aldehydes is 1. The highest BCUT2D eigenvalue weighted by Gasteiger charge is 2.07. The Morgan fingerprint density at radius 1 is 1.27 bits per heavy atom. The van der Waals surface area contributed by atoms with Crippen LogP contribution in [0.2, 0.25) is 0 Å². The van der Waals surface area contributed by atoms with Gasteiger partial charge in [0.25, 0.3) is 0 Å². The highest BCUT2D eigenvalue weighted by molar-refractivity contribution is 5.64. The maximum atomic E-state index is 9.94. The summed E-state index contributed by atoms with van der Waals surface area (Å²) in [5, 5.41) is 0. The third-order valence-electron chi connectivity index (χ3n) is 2.34. The van der Waals surface area contributed by atoms with Crippen LogP contribution in [-0.4, -0.2) is 6.29 Å². The Balaban J connectivity index is 3.58. The van der Waals surface area contributed by atoms with Crippen molar-refractivity contribution >= 4 is 6.29 Å². The standard InChI is InChI=1S/C10H18O/c1-4-9(2)10(3)7-5-6-8-11/h5-6,8-10H,4,7H2,1-3H3. The van der Waals surface area contributed by atoms with Gasteiger partial charge < -0.3 is 0 Å². The van der Waals surface area contributed by atoms with E-state index in [1.807, 2.05) is 6.08 Å². The first kappa shape index (κ1) is 10.4. The minimum Gasteiger partial charge on any atom is -0.299 e. The molecular formula is C10H18O. The fourth-order valence-electron chi connectivity index (χ4n) is 0.983. The van der Waals surface area contributed by atoms with E-state index < -0.39 is 0 Å². The third kappa shape index (κ3) is 4.77. The molecule has 0 radical (unpaired) electrons. The molecule has 1 heteroatoms. The van der Waals surface area contributed by atoms with E-state index in [9.17, 15) is 4.79 Å². The number of rotatable bonds is 5. The van der Waals surface area contributed by atoms with E-state index in [0.29, 0.717) is 5.92 Å². The van der Waals surface area contributed by atoms with Crippen LogP contribution >= 0.6 is 0 Å². The number of hydrogen-bond donors (Lipinski definition) is 0. The minimum absolute atomic E-state index is 0.691. The Bertz CT molecular complexity index is 127. The van der Waals surface area contributed by atoms with Crippen molar-refractivity contribution in [3.63, 3.8) is 0 Å². The quantitative estimate of drug-likeness (QED) is 0.439. The lowest BCUT2D eigenvalue weighted by Gasteiger charge is -2.15. The molecule has 0 saturated carbocycles. The summed E-state index contributed by atoms with van der Waals surface area (Å²) in [5.74, 6) is 1.45. The third-order valence-corrected chi connectivity index (χ3v) is 2.34. The van der Waals surface area contributed by atoms with Gasteiger partial charge in [0, 0.05) is 0 Å². The number of carbonyl (C=O) groups excluding carboxylic acids is 1. The molecule has 0 rings (SSSR count). The Hall–Kier alpha value is -0.590. The van der Waals surface area contributed by atoms with Crippen molar-refractivity contribution < 1.29 is 4.79 Å². The lowest BCUT2D eigenvalue weighted by Crippen LogP contribution is -2.05. The molecule has 2 atom stereocenters. The molecule has 0 aliphatic rings. The van der Waals surface area contributed by atoms with Crippen LogP contribution in [-0.2, 0) is 4.79 Å². The maximum absolute atomic E-state index is 9.94. The molecular weight excluding hydrogens is 136 g/mol. The average Bonchev–Trinajstić information content (AvgIpc) is 2.03. The van der Waals surface area contributed by atoms with Crippen LogP contribution in [0.5, 0.6) is 0 Å². The summed E-state index contributed by atoms with van der Waals surface area (Å²) in [5.41, 5.74) is 0. The molecule has 1 nitrogen and oxygen atoms in total. The molecule has 0 aliphatic heterocycles. The largest absolute Gasteiger partial charge is 0.299 e. The molecule has 64 valence electrons. The summed E-state index contributed by atoms with van der Waals surface area (Å²) in [6.07, 6.45) is 6.61. The van der Waals surface area contributed by atoms with Gasteiger partial charge in [0.2, 0.25) is 0 Å². The molecule has 0 amide bonds. The van der Waals surface area contributed by atoms with E-state index in [2.05, 4.69) is 20.8 Å². The molecule has 0 aromatic rings. The smallest absolute Gasteiger partial charge is 0.142 e. The zero-order valence-corrected chi connectivity index (χ0v) is 7.71. The van der Waals surface area contributed by atoms with E-state index in [0.717, 1.165) is 18.6 Å². The number of allylic oxidation sites excluding steroid dienone is 2. The Kier molecular flexibility index (Phi) is 5.81. The van der Waals surface area contributed by atoms with Gasteiger partial charge in [-0.2, -0.15) is 0 Å². The lowest BCUT2D eigenvalue weighted by atomic mass is 9.91. The van der Waals surface area contributed by atoms with Gasteiger partial charge in [-0.05, 0) is 24.3 Å². The van der Waals surface area contributed by atoms with Crippen LogP contribution in [0.25, 0.3) is 0 Å². The summed E-state index contributed by atoms with van der Waals surface area (Å²) < 4.78 is 0. The van der Waals surface area contributed by atoms with Crippen LogP contribution in [0.3, 0.4) is 0 Å². The first-order valence-electron chi connectivity index (χ1n) is 4.32. The summed E-state index contributed by atoms with van der Waals surface area (Å²) in [7, 11) is 0. The van der Waals surface area contributed by atoms with Gasteiger partial charge in [0.15, 0.2) is 0 Å². The second-order valence-corrected chi connectivity index (χ2v) is 3.16. The molecule has 0 spiro atoms. The van der Waals surface area contributed by atoms with Crippen molar-refractivity contribution in [2.24, 2.45) is 11.8 Å². The van der Waals surface area contributed by atoms with Gasteiger partial charge in [-0.15, -0.1) is 0 Å². The van der Waals surface area contributed by atoms with E-state index in [4.69, 9.17) is 0 Å². The van der Waals surface area contributed by atoms with Crippen molar-refractivity contribution in [2.75, 3.05) is 0 Å². The second kappa shape index (κ2) is 6.14. The monoisotopic (exact) mass is 154 g/mol. The zero-order chi connectivity index (χ0) is 8.69. The van der Waals surface area contributed by atoms with Crippen LogP contribution in [0, 0.1) is 11.8 Å². The summed E-state index contributed by atoms with van der Waals surface area (Å²) in [4.78, 5) is 9.94. The number of carbonyl (C=O) groups is 1. The second-order valence-electron chi connectivity index (χ2n) is 3.16. The summed E-state index contributed by atoms with van der Waals surface area (Å²) >= 11 is 0. The van der Waals surface area contributed by atoms with Gasteiger partial charge >= 0.3 is 0 Å². The minimum atomic E-state index is 0.691. The highest BCUT2D eigenvalue weighted by atomic mass is 16.1. The molecule has 0 aromatic carbocycles. The molecule has 2 unspecified atom stereocenters. The Morgan fingerprint density at radius 3 is 2.36 bits per heavy atom. The van der Waals surface area contributed by atoms with E-state index in [1.54, 1.807) is 6.08 Å². The van der Waals surface area contributed by atoms with Gasteiger partial charge in [-0.3, -0.25) is 4.79 Å². The van der Waals surface area contributed by atoms with Crippen LogP contribution in [0.15, 0.2) is 12.2 Å². The summed E-state index contributed by atoms with van der Waals surface area (Å²) in [6, 6.07) is 0. The van der Waals surface area contributed by atoms with Gasteiger partial charge in [0.1, 0.15) is 6.29 Å². The predicted molar refractivity (Wildman–Crippen MR) is 48.4 cm³/mol. The molecule has 0 bridgehead atoms. The molecule has 0 saturated heterocycles. The maximum Gasteiger partial charge on any atom is 0.142 e. The molecule has 0 aromatic heterocycles. The topological polar surface area (TPSA) is 17.1 Å². The highest BCUT2D eigenvalue weighted by Crippen LogP contribution is 2.17. The van der Waals surface area contributed by atoms with E-state index in [1.165, 1.54) is 6.42 Å². The number of hydrogen-bond acceptors (Lipinski definition) is 1. The van der Waals surface area contributed by atoms with Crippen LogP contribution in [0.1, 0.15) is 33.6 Å². The van der Waals surface area contributed by atoms with Gasteiger partial charge in [-0.1, -0.05) is 33.3 Å².